The molecule has 1 atom stereocenters. The van der Waals surface area contributed by atoms with Gasteiger partial charge < -0.3 is 15.1 Å². The minimum absolute atomic E-state index is 0.0458. The molecule has 0 spiro atoms. The van der Waals surface area contributed by atoms with Crippen molar-refractivity contribution < 1.29 is 9.59 Å². The molecule has 3 aromatic rings. The Hall–Kier alpha value is -3.82. The SMILES string of the molecule is Cc1ccc(N2CCc3c(cccc3NC(=O)C(=O)N3CCCC(c4n[nH]c(C5CCCCC5)n4)C3)C2)nn1. The Labute approximate surface area is 228 Å². The van der Waals surface area contributed by atoms with Crippen LogP contribution in [0.4, 0.5) is 11.5 Å². The fourth-order valence-corrected chi connectivity index (χ4v) is 6.20. The number of rotatable bonds is 4. The lowest BCUT2D eigenvalue weighted by Gasteiger charge is -2.32. The van der Waals surface area contributed by atoms with Gasteiger partial charge in [-0.05, 0) is 68.4 Å². The molecule has 0 radical (unpaired) electrons. The molecule has 4 heterocycles. The van der Waals surface area contributed by atoms with Crippen molar-refractivity contribution in [1.29, 1.82) is 0 Å². The molecule has 0 bridgehead atoms. The van der Waals surface area contributed by atoms with E-state index in [-0.39, 0.29) is 5.92 Å². The number of nitrogens with one attached hydrogen (secondary N) is 2. The van der Waals surface area contributed by atoms with E-state index in [4.69, 9.17) is 4.98 Å². The summed E-state index contributed by atoms with van der Waals surface area (Å²) in [5.41, 5.74) is 3.78. The fourth-order valence-electron chi connectivity index (χ4n) is 6.20. The highest BCUT2D eigenvalue weighted by atomic mass is 16.2. The van der Waals surface area contributed by atoms with Gasteiger partial charge in [-0.15, -0.1) is 5.10 Å². The van der Waals surface area contributed by atoms with Gasteiger partial charge in [-0.3, -0.25) is 14.7 Å². The zero-order valence-electron chi connectivity index (χ0n) is 22.5. The minimum atomic E-state index is -0.589. The van der Waals surface area contributed by atoms with Gasteiger partial charge in [-0.1, -0.05) is 31.4 Å². The standard InChI is InChI=1S/C29H36N8O2/c1-19-12-13-25(33-32-19)36-16-14-23-21(17-36)9-5-11-24(23)30-28(38)29(39)37-15-6-10-22(18-37)27-31-26(34-35-27)20-7-3-2-4-8-20/h5,9,11-13,20,22H,2-4,6-8,10,14-18H2,1H3,(H,30,38)(H,31,34,35). The van der Waals surface area contributed by atoms with Crippen molar-refractivity contribution in [2.24, 2.45) is 0 Å². The molecule has 204 valence electrons. The molecule has 6 rings (SSSR count). The lowest BCUT2D eigenvalue weighted by Crippen LogP contribution is -2.45. The van der Waals surface area contributed by atoms with Crippen LogP contribution in [-0.2, 0) is 22.6 Å². The van der Waals surface area contributed by atoms with Crippen LogP contribution in [0, 0.1) is 6.92 Å². The summed E-state index contributed by atoms with van der Waals surface area (Å²) in [7, 11) is 0. The van der Waals surface area contributed by atoms with Crippen LogP contribution >= 0.6 is 0 Å². The number of hydrogen-bond acceptors (Lipinski definition) is 7. The number of carbonyl (C=O) groups excluding carboxylic acids is 2. The van der Waals surface area contributed by atoms with Crippen molar-refractivity contribution in [3.8, 4) is 0 Å². The minimum Gasteiger partial charge on any atom is -0.350 e. The Morgan fingerprint density at radius 2 is 1.82 bits per heavy atom. The molecule has 10 nitrogen and oxygen atoms in total. The highest BCUT2D eigenvalue weighted by Crippen LogP contribution is 2.32. The summed E-state index contributed by atoms with van der Waals surface area (Å²) in [5, 5.41) is 19.1. The highest BCUT2D eigenvalue weighted by Gasteiger charge is 2.32. The first-order valence-corrected chi connectivity index (χ1v) is 14.2. The number of benzene rings is 1. The number of nitrogens with zero attached hydrogens (tertiary/aromatic N) is 6. The Morgan fingerprint density at radius 1 is 0.974 bits per heavy atom. The molecule has 2 N–H and O–H groups in total. The van der Waals surface area contributed by atoms with Crippen LogP contribution < -0.4 is 10.2 Å². The number of carbonyl (C=O) groups is 2. The summed E-state index contributed by atoms with van der Waals surface area (Å²) in [6.45, 7) is 4.40. The third-order valence-corrected chi connectivity index (χ3v) is 8.40. The van der Waals surface area contributed by atoms with E-state index >= 15 is 0 Å². The number of likely N-dealkylation sites (tertiary alicyclic amines) is 1. The average molecular weight is 529 g/mol. The number of hydrogen-bond donors (Lipinski definition) is 2. The molecule has 2 aromatic heterocycles. The van der Waals surface area contributed by atoms with Crippen LogP contribution in [0.25, 0.3) is 0 Å². The van der Waals surface area contributed by atoms with Crippen LogP contribution in [0.15, 0.2) is 30.3 Å². The molecule has 39 heavy (non-hydrogen) atoms. The summed E-state index contributed by atoms with van der Waals surface area (Å²) in [5.74, 6) is 2.01. The van der Waals surface area contributed by atoms with Gasteiger partial charge in [0.25, 0.3) is 0 Å². The Bertz CT molecular complexity index is 1330. The molecule has 2 amide bonds. The molecule has 2 fully saturated rings. The van der Waals surface area contributed by atoms with Gasteiger partial charge in [0, 0.05) is 43.7 Å². The first-order valence-electron chi connectivity index (χ1n) is 14.2. The number of piperidine rings is 1. The maximum absolute atomic E-state index is 13.2. The first-order chi connectivity index (χ1) is 19.0. The molecule has 1 saturated heterocycles. The van der Waals surface area contributed by atoms with E-state index in [0.29, 0.717) is 31.2 Å². The molecule has 2 aliphatic heterocycles. The molecule has 1 saturated carbocycles. The summed E-state index contributed by atoms with van der Waals surface area (Å²) < 4.78 is 0. The van der Waals surface area contributed by atoms with E-state index in [9.17, 15) is 9.59 Å². The van der Waals surface area contributed by atoms with E-state index in [0.717, 1.165) is 72.9 Å². The maximum atomic E-state index is 13.2. The predicted octanol–water partition coefficient (Wildman–Crippen LogP) is 3.86. The maximum Gasteiger partial charge on any atom is 0.313 e. The van der Waals surface area contributed by atoms with E-state index in [2.05, 4.69) is 36.7 Å². The van der Waals surface area contributed by atoms with Crippen molar-refractivity contribution in [1.82, 2.24) is 30.3 Å². The number of anilines is 2. The van der Waals surface area contributed by atoms with Crippen molar-refractivity contribution in [3.05, 3.63) is 58.8 Å². The molecule has 10 heteroatoms. The summed E-state index contributed by atoms with van der Waals surface area (Å²) in [6.07, 6.45) is 8.59. The normalized spacial score (nSPS) is 20.0. The van der Waals surface area contributed by atoms with Gasteiger partial charge in [-0.2, -0.15) is 10.2 Å². The van der Waals surface area contributed by atoms with Crippen LogP contribution in [0.2, 0.25) is 0 Å². The van der Waals surface area contributed by atoms with Crippen molar-refractivity contribution in [2.45, 2.75) is 76.7 Å². The van der Waals surface area contributed by atoms with Gasteiger partial charge in [0.15, 0.2) is 11.6 Å². The average Bonchev–Trinajstić information content (AvgIpc) is 3.48. The quantitative estimate of drug-likeness (QED) is 0.494. The number of amides is 2. The van der Waals surface area contributed by atoms with Crippen LogP contribution in [-0.4, -0.2) is 61.7 Å². The highest BCUT2D eigenvalue weighted by molar-refractivity contribution is 6.39. The number of fused-ring (bicyclic) bond motifs is 1. The van der Waals surface area contributed by atoms with Gasteiger partial charge in [-0.25, -0.2) is 4.98 Å². The lowest BCUT2D eigenvalue weighted by molar-refractivity contribution is -0.144. The van der Waals surface area contributed by atoms with E-state index in [1.54, 1.807) is 4.90 Å². The molecule has 3 aliphatic rings. The summed E-state index contributed by atoms with van der Waals surface area (Å²) in [6, 6.07) is 9.81. The zero-order valence-corrected chi connectivity index (χ0v) is 22.5. The first kappa shape index (κ1) is 25.5. The molecule has 1 aliphatic carbocycles. The number of aromatic amines is 1. The predicted molar refractivity (Wildman–Crippen MR) is 147 cm³/mol. The molecule has 1 aromatic carbocycles. The van der Waals surface area contributed by atoms with Crippen molar-refractivity contribution >= 4 is 23.3 Å². The van der Waals surface area contributed by atoms with Gasteiger partial charge in [0.1, 0.15) is 5.82 Å². The Kier molecular flexibility index (Phi) is 7.26. The topological polar surface area (TPSA) is 120 Å². The van der Waals surface area contributed by atoms with Crippen molar-refractivity contribution in [2.75, 3.05) is 29.9 Å². The summed E-state index contributed by atoms with van der Waals surface area (Å²) >= 11 is 0. The second-order valence-electron chi connectivity index (χ2n) is 11.1. The number of aromatic nitrogens is 5. The largest absolute Gasteiger partial charge is 0.350 e. The van der Waals surface area contributed by atoms with Gasteiger partial charge in [0.2, 0.25) is 0 Å². The third-order valence-electron chi connectivity index (χ3n) is 8.40. The second kappa shape index (κ2) is 11.1. The lowest BCUT2D eigenvalue weighted by atomic mass is 9.89. The second-order valence-corrected chi connectivity index (χ2v) is 11.1. The number of H-pyrrole nitrogens is 1. The van der Waals surface area contributed by atoms with Crippen LogP contribution in [0.3, 0.4) is 0 Å². The van der Waals surface area contributed by atoms with Crippen molar-refractivity contribution in [3.63, 3.8) is 0 Å². The Balaban J connectivity index is 1.09. The molecule has 1 unspecified atom stereocenters. The zero-order chi connectivity index (χ0) is 26.8. The van der Waals surface area contributed by atoms with E-state index in [1.165, 1.54) is 19.3 Å². The summed E-state index contributed by atoms with van der Waals surface area (Å²) in [4.78, 5) is 35.0. The fraction of sp³-hybridized carbons (Fsp3) is 0.517. The van der Waals surface area contributed by atoms with Gasteiger partial charge >= 0.3 is 11.8 Å². The van der Waals surface area contributed by atoms with Gasteiger partial charge in [0.05, 0.1) is 5.69 Å². The van der Waals surface area contributed by atoms with Crippen LogP contribution in [0.1, 0.15) is 85.3 Å². The van der Waals surface area contributed by atoms with E-state index in [1.807, 2.05) is 31.2 Å². The monoisotopic (exact) mass is 528 g/mol. The number of aryl methyl sites for hydroxylation is 1. The van der Waals surface area contributed by atoms with Crippen LogP contribution in [0.5, 0.6) is 0 Å². The smallest absolute Gasteiger partial charge is 0.313 e. The third kappa shape index (κ3) is 5.51. The Morgan fingerprint density at radius 3 is 2.64 bits per heavy atom. The molecular formula is C29H36N8O2. The molecular weight excluding hydrogens is 492 g/mol. The van der Waals surface area contributed by atoms with E-state index < -0.39 is 11.8 Å².